The molecule has 4 heteroatoms. The minimum absolute atomic E-state index is 0.353. The average Bonchev–Trinajstić information content (AvgIpc) is 2.38. The molecule has 0 saturated carbocycles. The number of carbonyl (C=O) groups is 1. The van der Waals surface area contributed by atoms with Crippen LogP contribution in [0.25, 0.3) is 0 Å². The lowest BCUT2D eigenvalue weighted by Crippen LogP contribution is -2.17. The fourth-order valence-electron chi connectivity index (χ4n) is 1.83. The van der Waals surface area contributed by atoms with Crippen molar-refractivity contribution in [3.8, 4) is 5.75 Å². The highest BCUT2D eigenvalue weighted by molar-refractivity contribution is 5.70. The van der Waals surface area contributed by atoms with Crippen molar-refractivity contribution in [3.05, 3.63) is 29.8 Å². The van der Waals surface area contributed by atoms with Gasteiger partial charge in [0.15, 0.2) is 0 Å². The van der Waals surface area contributed by atoms with Crippen molar-refractivity contribution in [2.24, 2.45) is 5.92 Å². The Bertz CT molecular complexity index is 359. The third-order valence-corrected chi connectivity index (χ3v) is 2.89. The van der Waals surface area contributed by atoms with E-state index >= 15 is 0 Å². The maximum absolute atomic E-state index is 11.2. The number of aliphatic carboxylic acids is 1. The van der Waals surface area contributed by atoms with Crippen LogP contribution in [0.3, 0.4) is 0 Å². The molecule has 18 heavy (non-hydrogen) atoms. The summed E-state index contributed by atoms with van der Waals surface area (Å²) in [6.07, 6.45) is 1.95. The van der Waals surface area contributed by atoms with Gasteiger partial charge >= 0.3 is 5.97 Å². The van der Waals surface area contributed by atoms with Crippen LogP contribution in [-0.4, -0.2) is 31.9 Å². The predicted molar refractivity (Wildman–Crippen MR) is 68.9 cm³/mol. The van der Waals surface area contributed by atoms with Gasteiger partial charge in [0.1, 0.15) is 5.75 Å². The lowest BCUT2D eigenvalue weighted by molar-refractivity contribution is -0.142. The van der Waals surface area contributed by atoms with Crippen molar-refractivity contribution in [1.29, 1.82) is 0 Å². The first kappa shape index (κ1) is 14.5. The molecule has 0 amide bonds. The summed E-state index contributed by atoms with van der Waals surface area (Å²) in [6.45, 7) is 0.604. The van der Waals surface area contributed by atoms with E-state index in [0.29, 0.717) is 19.4 Å². The van der Waals surface area contributed by atoms with Gasteiger partial charge < -0.3 is 14.6 Å². The zero-order chi connectivity index (χ0) is 13.4. The summed E-state index contributed by atoms with van der Waals surface area (Å²) >= 11 is 0. The Kier molecular flexibility index (Phi) is 6.22. The first-order valence-electron chi connectivity index (χ1n) is 6.02. The van der Waals surface area contributed by atoms with Gasteiger partial charge in [-0.25, -0.2) is 0 Å². The first-order valence-corrected chi connectivity index (χ1v) is 6.02. The Hall–Kier alpha value is -1.55. The van der Waals surface area contributed by atoms with Gasteiger partial charge in [-0.2, -0.15) is 0 Å². The van der Waals surface area contributed by atoms with E-state index < -0.39 is 5.97 Å². The third kappa shape index (κ3) is 4.75. The molecule has 1 unspecified atom stereocenters. The predicted octanol–water partition coefficient (Wildman–Crippen LogP) is 2.37. The quantitative estimate of drug-likeness (QED) is 0.722. The second kappa shape index (κ2) is 7.71. The van der Waals surface area contributed by atoms with Crippen LogP contribution in [0.15, 0.2) is 24.3 Å². The van der Waals surface area contributed by atoms with E-state index in [1.165, 1.54) is 0 Å². The Morgan fingerprint density at radius 2 is 1.94 bits per heavy atom. The number of methoxy groups -OCH3 is 2. The van der Waals surface area contributed by atoms with Gasteiger partial charge in [0.05, 0.1) is 13.0 Å². The molecule has 0 aliphatic rings. The van der Waals surface area contributed by atoms with E-state index in [1.54, 1.807) is 14.2 Å². The van der Waals surface area contributed by atoms with E-state index in [1.807, 2.05) is 24.3 Å². The van der Waals surface area contributed by atoms with Crippen LogP contribution < -0.4 is 4.74 Å². The van der Waals surface area contributed by atoms with Crippen molar-refractivity contribution in [3.63, 3.8) is 0 Å². The van der Waals surface area contributed by atoms with E-state index in [2.05, 4.69) is 0 Å². The van der Waals surface area contributed by atoms with E-state index in [-0.39, 0.29) is 5.92 Å². The largest absolute Gasteiger partial charge is 0.497 e. The zero-order valence-electron chi connectivity index (χ0n) is 10.9. The minimum atomic E-state index is -0.748. The molecule has 0 aliphatic heterocycles. The number of rotatable bonds is 8. The molecule has 0 aromatic heterocycles. The van der Waals surface area contributed by atoms with Crippen molar-refractivity contribution in [2.45, 2.75) is 19.3 Å². The monoisotopic (exact) mass is 252 g/mol. The molecule has 0 saturated heterocycles. The van der Waals surface area contributed by atoms with Gasteiger partial charge in [0.2, 0.25) is 0 Å². The molecule has 1 atom stereocenters. The summed E-state index contributed by atoms with van der Waals surface area (Å²) in [5.41, 5.74) is 1.01. The molecular formula is C14H20O4. The number of benzene rings is 1. The van der Waals surface area contributed by atoms with Crippen molar-refractivity contribution in [1.82, 2.24) is 0 Å². The summed E-state index contributed by atoms with van der Waals surface area (Å²) in [6, 6.07) is 7.52. The third-order valence-electron chi connectivity index (χ3n) is 2.89. The van der Waals surface area contributed by atoms with Crippen LogP contribution in [0.1, 0.15) is 18.4 Å². The van der Waals surface area contributed by atoms with Gasteiger partial charge in [-0.15, -0.1) is 0 Å². The molecule has 1 aromatic carbocycles. The number of hydrogen-bond donors (Lipinski definition) is 1. The number of carboxylic acids is 1. The second-order valence-corrected chi connectivity index (χ2v) is 4.22. The minimum Gasteiger partial charge on any atom is -0.497 e. The van der Waals surface area contributed by atoms with Crippen molar-refractivity contribution < 1.29 is 19.4 Å². The number of carboxylic acid groups (broad SMARTS) is 1. The molecule has 1 rings (SSSR count). The fourth-order valence-corrected chi connectivity index (χ4v) is 1.83. The fraction of sp³-hybridized carbons (Fsp3) is 0.500. The van der Waals surface area contributed by atoms with E-state index in [0.717, 1.165) is 17.7 Å². The lowest BCUT2D eigenvalue weighted by Gasteiger charge is -2.12. The lowest BCUT2D eigenvalue weighted by atomic mass is 9.95. The molecule has 100 valence electrons. The molecule has 4 nitrogen and oxygen atoms in total. The molecule has 0 spiro atoms. The summed E-state index contributed by atoms with van der Waals surface area (Å²) in [5, 5.41) is 9.17. The van der Waals surface area contributed by atoms with Gasteiger partial charge in [-0.3, -0.25) is 4.79 Å². The normalized spacial score (nSPS) is 12.1. The Balaban J connectivity index is 2.56. The Morgan fingerprint density at radius 1 is 1.28 bits per heavy atom. The van der Waals surface area contributed by atoms with Crippen LogP contribution in [0.4, 0.5) is 0 Å². The SMILES string of the molecule is COCCCC(Cc1ccc(OC)cc1)C(=O)O. The van der Waals surface area contributed by atoms with Crippen LogP contribution in [0.5, 0.6) is 5.75 Å². The summed E-state index contributed by atoms with van der Waals surface area (Å²) in [7, 11) is 3.24. The van der Waals surface area contributed by atoms with Gasteiger partial charge in [0.25, 0.3) is 0 Å². The molecule has 0 bridgehead atoms. The highest BCUT2D eigenvalue weighted by Crippen LogP contribution is 2.17. The van der Waals surface area contributed by atoms with Crippen LogP contribution >= 0.6 is 0 Å². The van der Waals surface area contributed by atoms with Crippen LogP contribution in [-0.2, 0) is 16.0 Å². The second-order valence-electron chi connectivity index (χ2n) is 4.22. The first-order chi connectivity index (χ1) is 8.67. The number of ether oxygens (including phenoxy) is 2. The van der Waals surface area contributed by atoms with Gasteiger partial charge in [0, 0.05) is 13.7 Å². The van der Waals surface area contributed by atoms with Gasteiger partial charge in [-0.1, -0.05) is 12.1 Å². The average molecular weight is 252 g/mol. The van der Waals surface area contributed by atoms with Crippen LogP contribution in [0.2, 0.25) is 0 Å². The summed E-state index contributed by atoms with van der Waals surface area (Å²) in [5.74, 6) is -0.319. The van der Waals surface area contributed by atoms with Gasteiger partial charge in [-0.05, 0) is 37.0 Å². The molecule has 1 aromatic rings. The molecule has 0 radical (unpaired) electrons. The summed E-state index contributed by atoms with van der Waals surface area (Å²) < 4.78 is 10.0. The highest BCUT2D eigenvalue weighted by Gasteiger charge is 2.17. The zero-order valence-corrected chi connectivity index (χ0v) is 10.9. The van der Waals surface area contributed by atoms with Crippen molar-refractivity contribution in [2.75, 3.05) is 20.8 Å². The van der Waals surface area contributed by atoms with Crippen LogP contribution in [0, 0.1) is 5.92 Å². The molecule has 0 aliphatic carbocycles. The topological polar surface area (TPSA) is 55.8 Å². The summed E-state index contributed by atoms with van der Waals surface area (Å²) in [4.78, 5) is 11.2. The Labute approximate surface area is 108 Å². The molecule has 0 fully saturated rings. The van der Waals surface area contributed by atoms with E-state index in [9.17, 15) is 4.79 Å². The smallest absolute Gasteiger partial charge is 0.306 e. The van der Waals surface area contributed by atoms with Crippen molar-refractivity contribution >= 4 is 5.97 Å². The maximum atomic E-state index is 11.2. The Morgan fingerprint density at radius 3 is 2.44 bits per heavy atom. The molecular weight excluding hydrogens is 232 g/mol. The molecule has 0 heterocycles. The highest BCUT2D eigenvalue weighted by atomic mass is 16.5. The molecule has 1 N–H and O–H groups in total. The maximum Gasteiger partial charge on any atom is 0.306 e. The standard InChI is InChI=1S/C14H20O4/c1-17-9-3-4-12(14(15)16)10-11-5-7-13(18-2)8-6-11/h5-8,12H,3-4,9-10H2,1-2H3,(H,15,16). The van der Waals surface area contributed by atoms with E-state index in [4.69, 9.17) is 14.6 Å². The number of hydrogen-bond acceptors (Lipinski definition) is 3.